The number of aliphatic hydroxyl groups excluding tert-OH is 1. The topological polar surface area (TPSA) is 80.7 Å². The number of carbonyl (C=O) groups is 1. The van der Waals surface area contributed by atoms with Gasteiger partial charge >= 0.3 is 5.97 Å². The highest BCUT2D eigenvalue weighted by molar-refractivity contribution is 6.29. The number of carbonyl (C=O) groups excluding carboxylic acids is 1. The maximum absolute atomic E-state index is 11.4. The Kier molecular flexibility index (Phi) is 7.25. The van der Waals surface area contributed by atoms with E-state index in [4.69, 9.17) is 21.1 Å². The molecule has 2 atom stereocenters. The summed E-state index contributed by atoms with van der Waals surface area (Å²) in [7, 11) is 0. The van der Waals surface area contributed by atoms with Crippen LogP contribution in [-0.4, -0.2) is 41.9 Å². The number of esters is 1. The molecule has 28 heavy (non-hydrogen) atoms. The summed E-state index contributed by atoms with van der Waals surface area (Å²) >= 11 is 5.89. The van der Waals surface area contributed by atoms with Crippen molar-refractivity contribution in [2.24, 2.45) is 0 Å². The van der Waals surface area contributed by atoms with E-state index in [0.29, 0.717) is 29.7 Å². The van der Waals surface area contributed by atoms with Gasteiger partial charge in [-0.2, -0.15) is 0 Å². The van der Waals surface area contributed by atoms with Crippen LogP contribution in [0.5, 0.6) is 5.75 Å². The fraction of sp³-hybridized carbons (Fsp3) is 0.429. The molecule has 2 N–H and O–H groups in total. The summed E-state index contributed by atoms with van der Waals surface area (Å²) in [6, 6.07) is 11.4. The number of nitrogens with one attached hydrogen (secondary N) is 1. The van der Waals surface area contributed by atoms with E-state index in [-0.39, 0.29) is 18.6 Å². The normalized spacial score (nSPS) is 16.9. The van der Waals surface area contributed by atoms with Crippen molar-refractivity contribution < 1.29 is 19.4 Å². The van der Waals surface area contributed by atoms with Crippen LogP contribution in [0.15, 0.2) is 36.4 Å². The molecule has 0 fully saturated rings. The zero-order valence-corrected chi connectivity index (χ0v) is 16.6. The van der Waals surface area contributed by atoms with Gasteiger partial charge in [-0.15, -0.1) is 0 Å². The Morgan fingerprint density at radius 3 is 3.00 bits per heavy atom. The summed E-state index contributed by atoms with van der Waals surface area (Å²) in [5, 5.41) is 14.1. The molecule has 1 aromatic carbocycles. The van der Waals surface area contributed by atoms with Crippen LogP contribution in [0, 0.1) is 0 Å². The van der Waals surface area contributed by atoms with E-state index in [2.05, 4.69) is 16.4 Å². The molecule has 7 heteroatoms. The Bertz CT molecular complexity index is 815. The third-order valence-corrected chi connectivity index (χ3v) is 4.96. The van der Waals surface area contributed by atoms with E-state index in [1.807, 2.05) is 12.1 Å². The number of rotatable bonds is 8. The molecule has 0 amide bonds. The van der Waals surface area contributed by atoms with Crippen LogP contribution < -0.4 is 10.1 Å². The molecule has 6 nitrogen and oxygen atoms in total. The number of hydrogen-bond acceptors (Lipinski definition) is 6. The Morgan fingerprint density at radius 1 is 1.36 bits per heavy atom. The van der Waals surface area contributed by atoms with Crippen molar-refractivity contribution in [2.45, 2.75) is 38.3 Å². The number of ether oxygens (including phenoxy) is 2. The minimum Gasteiger partial charge on any atom is -0.482 e. The molecule has 1 aliphatic carbocycles. The predicted molar refractivity (Wildman–Crippen MR) is 107 cm³/mol. The number of nitrogens with zero attached hydrogens (tertiary/aromatic N) is 1. The molecule has 3 rings (SSSR count). The predicted octanol–water partition coefficient (Wildman–Crippen LogP) is 2.86. The zero-order valence-electron chi connectivity index (χ0n) is 15.9. The summed E-state index contributed by atoms with van der Waals surface area (Å²) in [5.74, 6) is 0.291. The number of hydrogen-bond donors (Lipinski definition) is 2. The average molecular weight is 405 g/mol. The van der Waals surface area contributed by atoms with Gasteiger partial charge in [-0.3, -0.25) is 0 Å². The first kappa shape index (κ1) is 20.6. The molecule has 2 aromatic rings. The molecule has 2 unspecified atom stereocenters. The van der Waals surface area contributed by atoms with E-state index >= 15 is 0 Å². The average Bonchev–Trinajstić information content (AvgIpc) is 2.70. The molecule has 0 aliphatic heterocycles. The molecular weight excluding hydrogens is 380 g/mol. The lowest BCUT2D eigenvalue weighted by Gasteiger charge is -2.27. The molecule has 0 saturated heterocycles. The third-order valence-electron chi connectivity index (χ3n) is 4.75. The fourth-order valence-corrected chi connectivity index (χ4v) is 3.51. The van der Waals surface area contributed by atoms with Gasteiger partial charge in [0, 0.05) is 12.6 Å². The van der Waals surface area contributed by atoms with E-state index in [9.17, 15) is 9.90 Å². The van der Waals surface area contributed by atoms with E-state index in [1.54, 1.807) is 25.1 Å². The quantitative estimate of drug-likeness (QED) is 0.520. The number of aryl methyl sites for hydroxylation is 1. The summed E-state index contributed by atoms with van der Waals surface area (Å²) in [6.45, 7) is 2.43. The zero-order chi connectivity index (χ0) is 19.9. The van der Waals surface area contributed by atoms with Crippen molar-refractivity contribution in [3.05, 3.63) is 58.4 Å². The second kappa shape index (κ2) is 9.87. The van der Waals surface area contributed by atoms with Gasteiger partial charge < -0.3 is 19.9 Å². The number of fused-ring (bicyclic) bond motifs is 1. The highest BCUT2D eigenvalue weighted by atomic mass is 35.5. The maximum atomic E-state index is 11.4. The lowest BCUT2D eigenvalue weighted by atomic mass is 9.88. The maximum Gasteiger partial charge on any atom is 0.344 e. The first-order chi connectivity index (χ1) is 13.5. The summed E-state index contributed by atoms with van der Waals surface area (Å²) in [5.41, 5.74) is 3.05. The number of aromatic nitrogens is 1. The first-order valence-corrected chi connectivity index (χ1v) is 9.87. The van der Waals surface area contributed by atoms with Crippen molar-refractivity contribution in [1.29, 1.82) is 0 Å². The second-order valence-corrected chi connectivity index (χ2v) is 7.16. The van der Waals surface area contributed by atoms with Crippen LogP contribution in [0.2, 0.25) is 5.15 Å². The van der Waals surface area contributed by atoms with Crippen LogP contribution >= 0.6 is 11.6 Å². The van der Waals surface area contributed by atoms with Crippen LogP contribution in [0.1, 0.15) is 36.3 Å². The highest BCUT2D eigenvalue weighted by Gasteiger charge is 2.20. The van der Waals surface area contributed by atoms with Gasteiger partial charge in [0.15, 0.2) is 6.61 Å². The van der Waals surface area contributed by atoms with Crippen molar-refractivity contribution in [3.63, 3.8) is 0 Å². The number of halogens is 1. The fourth-order valence-electron chi connectivity index (χ4n) is 3.33. The minimum atomic E-state index is -0.709. The highest BCUT2D eigenvalue weighted by Crippen LogP contribution is 2.26. The lowest BCUT2D eigenvalue weighted by Crippen LogP contribution is -2.37. The van der Waals surface area contributed by atoms with Crippen molar-refractivity contribution in [1.82, 2.24) is 10.3 Å². The number of pyridine rings is 1. The number of benzene rings is 1. The van der Waals surface area contributed by atoms with Crippen molar-refractivity contribution in [3.8, 4) is 5.75 Å². The van der Waals surface area contributed by atoms with Crippen molar-refractivity contribution in [2.75, 3.05) is 19.8 Å². The molecule has 1 aromatic heterocycles. The van der Waals surface area contributed by atoms with E-state index in [0.717, 1.165) is 19.3 Å². The van der Waals surface area contributed by atoms with Gasteiger partial charge in [0.2, 0.25) is 0 Å². The largest absolute Gasteiger partial charge is 0.482 e. The Labute approximate surface area is 169 Å². The Hall–Kier alpha value is -2.15. The van der Waals surface area contributed by atoms with Gasteiger partial charge in [-0.1, -0.05) is 23.7 Å². The Balaban J connectivity index is 1.54. The van der Waals surface area contributed by atoms with Gasteiger partial charge in [-0.05, 0) is 61.6 Å². The SMILES string of the molecule is CCOC(=O)COc1ccc2c(c1)CC(NCC(O)c1cccc(Cl)n1)CC2. The molecule has 0 spiro atoms. The molecular formula is C21H25ClN2O4. The first-order valence-electron chi connectivity index (χ1n) is 9.49. The van der Waals surface area contributed by atoms with Crippen LogP contribution in [0.25, 0.3) is 0 Å². The van der Waals surface area contributed by atoms with Gasteiger partial charge in [0.1, 0.15) is 17.0 Å². The second-order valence-electron chi connectivity index (χ2n) is 6.77. The third kappa shape index (κ3) is 5.67. The molecule has 150 valence electrons. The van der Waals surface area contributed by atoms with E-state index < -0.39 is 6.10 Å². The lowest BCUT2D eigenvalue weighted by molar-refractivity contribution is -0.145. The molecule has 0 radical (unpaired) electrons. The minimum absolute atomic E-state index is 0.0901. The smallest absolute Gasteiger partial charge is 0.344 e. The van der Waals surface area contributed by atoms with Gasteiger partial charge in [0.05, 0.1) is 12.3 Å². The monoisotopic (exact) mass is 404 g/mol. The standard InChI is InChI=1S/C21H25ClN2O4/c1-2-27-21(26)13-28-17-9-7-14-6-8-16(10-15(14)11-17)23-12-19(25)18-4-3-5-20(22)24-18/h3-5,7,9,11,16,19,23,25H,2,6,8,10,12-13H2,1H3. The van der Waals surface area contributed by atoms with Crippen molar-refractivity contribution >= 4 is 17.6 Å². The van der Waals surface area contributed by atoms with Gasteiger partial charge in [-0.25, -0.2) is 9.78 Å². The summed E-state index contributed by atoms with van der Waals surface area (Å²) in [6.07, 6.45) is 2.07. The molecule has 1 heterocycles. The number of aliphatic hydroxyl groups is 1. The molecule has 0 bridgehead atoms. The van der Waals surface area contributed by atoms with Crippen LogP contribution in [0.4, 0.5) is 0 Å². The van der Waals surface area contributed by atoms with Gasteiger partial charge in [0.25, 0.3) is 0 Å². The van der Waals surface area contributed by atoms with Crippen LogP contribution in [0.3, 0.4) is 0 Å². The summed E-state index contributed by atoms with van der Waals surface area (Å²) in [4.78, 5) is 15.6. The van der Waals surface area contributed by atoms with E-state index in [1.165, 1.54) is 11.1 Å². The van der Waals surface area contributed by atoms with Crippen LogP contribution in [-0.2, 0) is 22.4 Å². The molecule has 1 aliphatic rings. The Morgan fingerprint density at radius 2 is 2.21 bits per heavy atom. The summed E-state index contributed by atoms with van der Waals surface area (Å²) < 4.78 is 10.4. The molecule has 0 saturated carbocycles.